The molecule has 0 aromatic heterocycles. The number of aryl methyl sites for hydroxylation is 1. The number of methoxy groups -OCH3 is 1. The van der Waals surface area contributed by atoms with Crippen molar-refractivity contribution in [2.45, 2.75) is 38.5 Å². The Hall–Kier alpha value is -3.44. The van der Waals surface area contributed by atoms with E-state index in [1.165, 1.54) is 11.1 Å². The van der Waals surface area contributed by atoms with Crippen LogP contribution in [0.25, 0.3) is 6.08 Å². The molecule has 0 saturated carbocycles. The minimum Gasteiger partial charge on any atom is -0.493 e. The van der Waals surface area contributed by atoms with Crippen molar-refractivity contribution in [1.29, 1.82) is 0 Å². The van der Waals surface area contributed by atoms with Gasteiger partial charge in [0.1, 0.15) is 12.3 Å². The molecule has 1 amide bonds. The Morgan fingerprint density at radius 2 is 1.91 bits per heavy atom. The summed E-state index contributed by atoms with van der Waals surface area (Å²) in [4.78, 5) is 14.7. The Morgan fingerprint density at radius 1 is 1.09 bits per heavy atom. The molecule has 0 aliphatic carbocycles. The van der Waals surface area contributed by atoms with E-state index >= 15 is 0 Å². The SMILES string of the molecule is COc1cc(/C=C/[C@@]23NC(=O)CN2c2ccc(C)cc2C3(C)C)ccc1OCc1cccc(Cl)c1. The van der Waals surface area contributed by atoms with E-state index in [1.807, 2.05) is 48.5 Å². The van der Waals surface area contributed by atoms with E-state index in [9.17, 15) is 4.79 Å². The maximum Gasteiger partial charge on any atom is 0.241 e. The highest BCUT2D eigenvalue weighted by Gasteiger charge is 2.59. The quantitative estimate of drug-likeness (QED) is 0.471. The van der Waals surface area contributed by atoms with Crippen LogP contribution in [0.3, 0.4) is 0 Å². The molecule has 1 atom stereocenters. The highest BCUT2D eigenvalue weighted by molar-refractivity contribution is 6.30. The van der Waals surface area contributed by atoms with Crippen LogP contribution in [0.5, 0.6) is 11.5 Å². The molecule has 2 heterocycles. The number of carbonyl (C=O) groups is 1. The number of nitrogens with zero attached hydrogens (tertiary/aromatic N) is 1. The van der Waals surface area contributed by atoms with Gasteiger partial charge in [-0.2, -0.15) is 0 Å². The van der Waals surface area contributed by atoms with Crippen LogP contribution in [-0.2, 0) is 16.8 Å². The summed E-state index contributed by atoms with van der Waals surface area (Å²) in [5, 5.41) is 3.95. The van der Waals surface area contributed by atoms with Gasteiger partial charge in [0.15, 0.2) is 11.5 Å². The Bertz CT molecular complexity index is 1330. The normalized spacial score (nSPS) is 20.0. The van der Waals surface area contributed by atoms with Crippen molar-refractivity contribution in [3.63, 3.8) is 0 Å². The summed E-state index contributed by atoms with van der Waals surface area (Å²) >= 11 is 6.08. The van der Waals surface area contributed by atoms with Crippen molar-refractivity contribution < 1.29 is 14.3 Å². The van der Waals surface area contributed by atoms with Crippen LogP contribution in [0.1, 0.15) is 36.1 Å². The second kappa shape index (κ2) is 8.65. The third-order valence-electron chi connectivity index (χ3n) is 7.11. The number of rotatable bonds is 6. The zero-order chi connectivity index (χ0) is 24.8. The number of fused-ring (bicyclic) bond motifs is 3. The van der Waals surface area contributed by atoms with Crippen LogP contribution in [0.2, 0.25) is 5.02 Å². The average molecular weight is 489 g/mol. The molecule has 2 aliphatic rings. The number of benzene rings is 3. The van der Waals surface area contributed by atoms with Crippen LogP contribution in [0, 0.1) is 6.92 Å². The summed E-state index contributed by atoms with van der Waals surface area (Å²) in [5.74, 6) is 1.32. The van der Waals surface area contributed by atoms with Gasteiger partial charge >= 0.3 is 0 Å². The number of hydrogen-bond donors (Lipinski definition) is 1. The van der Waals surface area contributed by atoms with Crippen LogP contribution in [0.4, 0.5) is 5.69 Å². The van der Waals surface area contributed by atoms with Crippen molar-refractivity contribution in [1.82, 2.24) is 5.32 Å². The van der Waals surface area contributed by atoms with Crippen LogP contribution >= 0.6 is 11.6 Å². The molecule has 0 radical (unpaired) electrons. The molecule has 180 valence electrons. The van der Waals surface area contributed by atoms with Crippen molar-refractivity contribution in [3.05, 3.63) is 94.0 Å². The second-order valence-corrected chi connectivity index (χ2v) is 10.1. The molecule has 5 nitrogen and oxygen atoms in total. The van der Waals surface area contributed by atoms with Crippen LogP contribution < -0.4 is 19.7 Å². The Balaban J connectivity index is 1.43. The van der Waals surface area contributed by atoms with Gasteiger partial charge in [-0.1, -0.05) is 67.4 Å². The Kier molecular flexibility index (Phi) is 5.76. The van der Waals surface area contributed by atoms with E-state index in [-0.39, 0.29) is 11.3 Å². The lowest BCUT2D eigenvalue weighted by atomic mass is 9.75. The number of halogens is 1. The predicted octanol–water partition coefficient (Wildman–Crippen LogP) is 5.87. The van der Waals surface area contributed by atoms with Crippen LogP contribution in [-0.4, -0.2) is 25.2 Å². The molecule has 1 fully saturated rings. The summed E-state index contributed by atoms with van der Waals surface area (Å²) < 4.78 is 11.6. The molecular formula is C29H29ClN2O3. The number of anilines is 1. The number of ether oxygens (including phenoxy) is 2. The molecule has 0 bridgehead atoms. The standard InChI is InChI=1S/C29H29ClN2O3/c1-19-8-10-24-23(14-19)28(2,3)29(31-27(33)17-32(24)29)13-12-20-9-11-25(26(16-20)34-4)35-18-21-6-5-7-22(30)15-21/h5-16H,17-18H2,1-4H3,(H,31,33)/b13-12+/t29-/m1/s1. The average Bonchev–Trinajstić information content (AvgIpc) is 3.26. The van der Waals surface area contributed by atoms with Gasteiger partial charge in [-0.15, -0.1) is 0 Å². The van der Waals surface area contributed by atoms with Crippen molar-refractivity contribution >= 4 is 29.3 Å². The zero-order valence-corrected chi connectivity index (χ0v) is 21.1. The first kappa shape index (κ1) is 23.3. The van der Waals surface area contributed by atoms with Gasteiger partial charge < -0.3 is 19.7 Å². The first-order chi connectivity index (χ1) is 16.7. The lowest BCUT2D eigenvalue weighted by Crippen LogP contribution is -2.58. The molecule has 2 aliphatic heterocycles. The summed E-state index contributed by atoms with van der Waals surface area (Å²) in [7, 11) is 1.63. The molecule has 3 aromatic carbocycles. The van der Waals surface area contributed by atoms with Gasteiger partial charge in [0, 0.05) is 16.1 Å². The van der Waals surface area contributed by atoms with E-state index in [0.29, 0.717) is 29.7 Å². The third-order valence-corrected chi connectivity index (χ3v) is 7.35. The predicted molar refractivity (Wildman–Crippen MR) is 140 cm³/mol. The number of hydrogen-bond acceptors (Lipinski definition) is 4. The van der Waals surface area contributed by atoms with Crippen molar-refractivity contribution in [2.75, 3.05) is 18.6 Å². The summed E-state index contributed by atoms with van der Waals surface area (Å²) in [6.07, 6.45) is 4.15. The van der Waals surface area contributed by atoms with E-state index in [0.717, 1.165) is 16.8 Å². The fraction of sp³-hybridized carbons (Fsp3) is 0.276. The third kappa shape index (κ3) is 3.94. The first-order valence-electron chi connectivity index (χ1n) is 11.7. The summed E-state index contributed by atoms with van der Waals surface area (Å²) in [6.45, 7) is 7.21. The maximum absolute atomic E-state index is 12.6. The lowest BCUT2D eigenvalue weighted by molar-refractivity contribution is -0.118. The first-order valence-corrected chi connectivity index (χ1v) is 12.1. The van der Waals surface area contributed by atoms with Crippen LogP contribution in [0.15, 0.2) is 66.7 Å². The smallest absolute Gasteiger partial charge is 0.241 e. The molecular weight excluding hydrogens is 460 g/mol. The van der Waals surface area contributed by atoms with E-state index in [2.05, 4.69) is 55.3 Å². The van der Waals surface area contributed by atoms with Gasteiger partial charge in [0.05, 0.1) is 13.7 Å². The monoisotopic (exact) mass is 488 g/mol. The molecule has 1 saturated heterocycles. The summed E-state index contributed by atoms with van der Waals surface area (Å²) in [5.41, 5.74) is 4.53. The molecule has 1 N–H and O–H groups in total. The summed E-state index contributed by atoms with van der Waals surface area (Å²) in [6, 6.07) is 19.9. The fourth-order valence-corrected chi connectivity index (χ4v) is 5.41. The minimum atomic E-state index is -0.644. The second-order valence-electron chi connectivity index (χ2n) is 9.71. The number of nitrogens with one attached hydrogen (secondary N) is 1. The van der Waals surface area contributed by atoms with E-state index in [4.69, 9.17) is 21.1 Å². The minimum absolute atomic E-state index is 0.0243. The van der Waals surface area contributed by atoms with E-state index in [1.54, 1.807) is 7.11 Å². The Morgan fingerprint density at radius 3 is 2.69 bits per heavy atom. The highest BCUT2D eigenvalue weighted by atomic mass is 35.5. The van der Waals surface area contributed by atoms with E-state index < -0.39 is 5.66 Å². The maximum atomic E-state index is 12.6. The van der Waals surface area contributed by atoms with Crippen molar-refractivity contribution in [2.24, 2.45) is 0 Å². The van der Waals surface area contributed by atoms with Gasteiger partial charge in [-0.3, -0.25) is 4.79 Å². The zero-order valence-electron chi connectivity index (χ0n) is 20.4. The number of amides is 1. The Labute approximate surface area is 211 Å². The molecule has 6 heteroatoms. The van der Waals surface area contributed by atoms with Gasteiger partial charge in [0.25, 0.3) is 0 Å². The fourth-order valence-electron chi connectivity index (χ4n) is 5.20. The largest absolute Gasteiger partial charge is 0.493 e. The van der Waals surface area contributed by atoms with Crippen molar-refractivity contribution in [3.8, 4) is 11.5 Å². The molecule has 5 rings (SSSR count). The van der Waals surface area contributed by atoms with Gasteiger partial charge in [-0.25, -0.2) is 0 Å². The van der Waals surface area contributed by atoms with Gasteiger partial charge in [-0.05, 0) is 60.0 Å². The molecule has 0 unspecified atom stereocenters. The topological polar surface area (TPSA) is 50.8 Å². The van der Waals surface area contributed by atoms with Gasteiger partial charge in [0.2, 0.25) is 5.91 Å². The number of carbonyl (C=O) groups excluding carboxylic acids is 1. The highest BCUT2D eigenvalue weighted by Crippen LogP contribution is 2.53. The molecule has 0 spiro atoms. The lowest BCUT2D eigenvalue weighted by Gasteiger charge is -2.40. The molecule has 3 aromatic rings. The molecule has 35 heavy (non-hydrogen) atoms.